The van der Waals surface area contributed by atoms with Crippen molar-refractivity contribution in [2.24, 2.45) is 5.92 Å². The molecule has 4 heterocycles. The fraction of sp³-hybridized carbons (Fsp3) is 0.600. The second kappa shape index (κ2) is 16.8. The molecule has 1 aliphatic carbocycles. The number of carbonyl (C=O) groups excluding carboxylic acids is 4. The van der Waals surface area contributed by atoms with Crippen molar-refractivity contribution in [2.75, 3.05) is 36.4 Å². The third-order valence-electron chi connectivity index (χ3n) is 12.0. The van der Waals surface area contributed by atoms with Crippen molar-refractivity contribution in [1.29, 1.82) is 5.26 Å². The van der Waals surface area contributed by atoms with Crippen LogP contribution in [0.5, 0.6) is 0 Å². The number of piperazine rings is 1. The van der Waals surface area contributed by atoms with Gasteiger partial charge in [-0.1, -0.05) is 0 Å². The molecule has 12 nitrogen and oxygen atoms in total. The maximum absolute atomic E-state index is 13.7. The van der Waals surface area contributed by atoms with Crippen molar-refractivity contribution in [3.63, 3.8) is 0 Å². The SMILES string of the molecule is C[C@@H]1CN(CCCC2CCC(N3C(S)N(c4ccc(C#N)c(C(F)(F)F)c4)C(=O)C3(C)C)CC2)C[C@H](C)N1CC(=O)Nc1ccc(C2CCC(=O)NC2=O)nc1. The van der Waals surface area contributed by atoms with Gasteiger partial charge in [-0.3, -0.25) is 44.2 Å². The molecule has 4 amide bonds. The van der Waals surface area contributed by atoms with Crippen LogP contribution in [0.25, 0.3) is 0 Å². The standard InChI is InChI=1S/C40H51F3N8O4S/c1-24-21-48(22-25(2)49(24)23-35(53)46-28-10-15-33(45-20-28)31-14-16-34(52)47-36(31)54)17-5-6-26-7-11-29(12-8-26)51-38(56)50(37(55)39(51,3)4)30-13-9-27(19-44)32(18-30)40(41,42)43/h9-10,13,15,18,20,24-26,29,31,38,56H,5-8,11-12,14,16-17,21-23H2,1-4H3,(H,46,53)(H,47,52,54)/t24-,25+,26?,29?,31?,38?. The number of piperidine rings is 1. The van der Waals surface area contributed by atoms with Crippen molar-refractivity contribution >= 4 is 47.6 Å². The number of nitrogens with one attached hydrogen (secondary N) is 2. The normalized spacial score (nSPS) is 27.9. The van der Waals surface area contributed by atoms with Gasteiger partial charge in [-0.2, -0.15) is 18.4 Å². The van der Waals surface area contributed by atoms with Crippen molar-refractivity contribution < 1.29 is 32.3 Å². The monoisotopic (exact) mass is 796 g/mol. The first-order valence-corrected chi connectivity index (χ1v) is 20.0. The Hall–Kier alpha value is -4.04. The third kappa shape index (κ3) is 8.91. The lowest BCUT2D eigenvalue weighted by Crippen LogP contribution is -2.58. The van der Waals surface area contributed by atoms with Crippen LogP contribution in [0.1, 0.15) is 102 Å². The molecule has 2 unspecified atom stereocenters. The van der Waals surface area contributed by atoms with E-state index in [1.54, 1.807) is 38.2 Å². The number of anilines is 2. The van der Waals surface area contributed by atoms with Gasteiger partial charge in [0.1, 0.15) is 5.50 Å². The number of pyridine rings is 1. The number of alkyl halides is 3. The first-order chi connectivity index (χ1) is 26.5. The number of halogens is 3. The van der Waals surface area contributed by atoms with E-state index in [4.69, 9.17) is 12.6 Å². The molecule has 1 aromatic carbocycles. The molecule has 2 aromatic rings. The molecule has 1 saturated carbocycles. The highest BCUT2D eigenvalue weighted by Gasteiger charge is 2.54. The molecular formula is C40H51F3N8O4S. The van der Waals surface area contributed by atoms with E-state index < -0.39 is 34.3 Å². The maximum atomic E-state index is 13.7. The molecule has 3 saturated heterocycles. The first-order valence-electron chi connectivity index (χ1n) is 19.5. The van der Waals surface area contributed by atoms with E-state index in [0.717, 1.165) is 70.3 Å². The van der Waals surface area contributed by atoms with E-state index in [9.17, 15) is 37.6 Å². The summed E-state index contributed by atoms with van der Waals surface area (Å²) in [6, 6.07) is 8.84. The summed E-state index contributed by atoms with van der Waals surface area (Å²) in [5.74, 6) is -1.01. The van der Waals surface area contributed by atoms with E-state index in [1.165, 1.54) is 11.0 Å². The minimum Gasteiger partial charge on any atom is -0.324 e. The molecule has 2 N–H and O–H groups in total. The van der Waals surface area contributed by atoms with E-state index in [-0.39, 0.29) is 60.4 Å². The number of imide groups is 1. The molecule has 0 radical (unpaired) electrons. The summed E-state index contributed by atoms with van der Waals surface area (Å²) in [5, 5.41) is 14.5. The highest BCUT2D eigenvalue weighted by atomic mass is 32.1. The summed E-state index contributed by atoms with van der Waals surface area (Å²) < 4.78 is 41.2. The lowest BCUT2D eigenvalue weighted by Gasteiger charge is -2.44. The van der Waals surface area contributed by atoms with Gasteiger partial charge in [0.05, 0.1) is 52.8 Å². The lowest BCUT2D eigenvalue weighted by atomic mass is 9.81. The molecule has 0 spiro atoms. The van der Waals surface area contributed by atoms with Gasteiger partial charge in [0.2, 0.25) is 23.6 Å². The number of benzene rings is 1. The Balaban J connectivity index is 0.941. The van der Waals surface area contributed by atoms with Crippen LogP contribution in [-0.4, -0.2) is 98.7 Å². The highest BCUT2D eigenvalue weighted by Crippen LogP contribution is 2.44. The summed E-state index contributed by atoms with van der Waals surface area (Å²) in [6.45, 7) is 10.8. The van der Waals surface area contributed by atoms with Crippen LogP contribution in [0.4, 0.5) is 24.5 Å². The Morgan fingerprint density at radius 2 is 1.75 bits per heavy atom. The predicted molar refractivity (Wildman–Crippen MR) is 207 cm³/mol. The number of hydrogen-bond acceptors (Lipinski definition) is 10. The van der Waals surface area contributed by atoms with Gasteiger partial charge in [-0.15, -0.1) is 12.6 Å². The smallest absolute Gasteiger partial charge is 0.324 e. The van der Waals surface area contributed by atoms with Crippen molar-refractivity contribution in [3.8, 4) is 6.07 Å². The van der Waals surface area contributed by atoms with Crippen molar-refractivity contribution in [2.45, 2.75) is 120 Å². The van der Waals surface area contributed by atoms with E-state index >= 15 is 0 Å². The quantitative estimate of drug-likeness (QED) is 0.210. The molecule has 302 valence electrons. The zero-order chi connectivity index (χ0) is 40.5. The number of carbonyl (C=O) groups is 4. The molecule has 0 bridgehead atoms. The van der Waals surface area contributed by atoms with Gasteiger partial charge >= 0.3 is 6.18 Å². The van der Waals surface area contributed by atoms with Gasteiger partial charge in [-0.25, -0.2) is 0 Å². The van der Waals surface area contributed by atoms with Crippen molar-refractivity contribution in [3.05, 3.63) is 53.3 Å². The average Bonchev–Trinajstić information content (AvgIpc) is 3.32. The Kier molecular flexibility index (Phi) is 12.5. The van der Waals surface area contributed by atoms with Crippen LogP contribution >= 0.6 is 12.6 Å². The topological polar surface area (TPSA) is 142 Å². The van der Waals surface area contributed by atoms with Gasteiger partial charge in [0.15, 0.2) is 0 Å². The van der Waals surface area contributed by atoms with E-state index in [1.807, 2.05) is 4.90 Å². The molecule has 3 aliphatic heterocycles. The first kappa shape index (κ1) is 41.6. The highest BCUT2D eigenvalue weighted by molar-refractivity contribution is 7.81. The average molecular weight is 797 g/mol. The zero-order valence-electron chi connectivity index (χ0n) is 32.3. The number of aromatic nitrogens is 1. The fourth-order valence-corrected chi connectivity index (χ4v) is 9.85. The molecule has 4 atom stereocenters. The number of hydrogen-bond donors (Lipinski definition) is 3. The van der Waals surface area contributed by atoms with Crippen molar-refractivity contribution in [1.82, 2.24) is 25.0 Å². The predicted octanol–water partition coefficient (Wildman–Crippen LogP) is 5.51. The zero-order valence-corrected chi connectivity index (χ0v) is 33.2. The summed E-state index contributed by atoms with van der Waals surface area (Å²) in [6.07, 6.45) is 3.34. The van der Waals surface area contributed by atoms with Crippen LogP contribution < -0.4 is 15.5 Å². The minimum atomic E-state index is -4.73. The summed E-state index contributed by atoms with van der Waals surface area (Å²) >= 11 is 4.79. The largest absolute Gasteiger partial charge is 0.417 e. The Morgan fingerprint density at radius 3 is 2.36 bits per heavy atom. The second-order valence-corrected chi connectivity index (χ2v) is 16.8. The molecule has 6 rings (SSSR count). The number of nitriles is 1. The second-order valence-electron chi connectivity index (χ2n) is 16.3. The molecular weight excluding hydrogens is 746 g/mol. The van der Waals surface area contributed by atoms with Crippen LogP contribution in [0.3, 0.4) is 0 Å². The molecule has 16 heteroatoms. The Labute approximate surface area is 331 Å². The summed E-state index contributed by atoms with van der Waals surface area (Å²) in [7, 11) is 0. The van der Waals surface area contributed by atoms with Gasteiger partial charge in [0, 0.05) is 43.3 Å². The number of nitrogens with zero attached hydrogens (tertiary/aromatic N) is 6. The lowest BCUT2D eigenvalue weighted by molar-refractivity contribution is -0.138. The fourth-order valence-electron chi connectivity index (χ4n) is 9.14. The van der Waals surface area contributed by atoms with Crippen LogP contribution in [0, 0.1) is 17.2 Å². The van der Waals surface area contributed by atoms with Gasteiger partial charge in [-0.05, 0) is 115 Å². The molecule has 4 fully saturated rings. The molecule has 1 aromatic heterocycles. The third-order valence-corrected chi connectivity index (χ3v) is 12.5. The van der Waals surface area contributed by atoms with Crippen LogP contribution in [-0.2, 0) is 25.4 Å². The van der Waals surface area contributed by atoms with Gasteiger partial charge in [0.25, 0.3) is 0 Å². The maximum Gasteiger partial charge on any atom is 0.417 e. The minimum absolute atomic E-state index is 0.0543. The van der Waals surface area contributed by atoms with Crippen LogP contribution in [0.15, 0.2) is 36.5 Å². The van der Waals surface area contributed by atoms with Crippen LogP contribution in [0.2, 0.25) is 0 Å². The van der Waals surface area contributed by atoms with E-state index in [2.05, 4.69) is 39.3 Å². The Morgan fingerprint density at radius 1 is 1.05 bits per heavy atom. The molecule has 4 aliphatic rings. The summed E-state index contributed by atoms with van der Waals surface area (Å²) in [5.41, 5.74) is -2.06. The number of amides is 4. The number of rotatable bonds is 10. The number of thiol groups is 1. The Bertz CT molecular complexity index is 1830. The van der Waals surface area contributed by atoms with E-state index in [0.29, 0.717) is 23.7 Å². The van der Waals surface area contributed by atoms with Gasteiger partial charge < -0.3 is 10.2 Å². The molecule has 56 heavy (non-hydrogen) atoms. The summed E-state index contributed by atoms with van der Waals surface area (Å²) in [4.78, 5) is 62.8.